The normalized spacial score (nSPS) is 25.9. The van der Waals surface area contributed by atoms with Gasteiger partial charge in [0, 0.05) is 35.9 Å². The fourth-order valence-electron chi connectivity index (χ4n) is 3.31. The lowest BCUT2D eigenvalue weighted by molar-refractivity contribution is 0.106. The van der Waals surface area contributed by atoms with Crippen molar-refractivity contribution in [3.05, 3.63) is 28.8 Å². The van der Waals surface area contributed by atoms with Crippen LogP contribution in [-0.2, 0) is 6.54 Å². The molecule has 116 valence electrons. The Morgan fingerprint density at radius 2 is 2.00 bits per heavy atom. The number of rotatable bonds is 5. The molecule has 2 aliphatic carbocycles. The SMILES string of the molecule is CN(c1cccc(Cl)c1CNC1CC1)C1CCCCC1O. The van der Waals surface area contributed by atoms with Gasteiger partial charge in [-0.3, -0.25) is 0 Å². The van der Waals surface area contributed by atoms with E-state index in [0.29, 0.717) is 6.04 Å². The number of benzene rings is 1. The highest BCUT2D eigenvalue weighted by atomic mass is 35.5. The molecule has 0 saturated heterocycles. The molecule has 0 radical (unpaired) electrons. The molecule has 1 aromatic carbocycles. The average Bonchev–Trinajstić information content (AvgIpc) is 3.30. The van der Waals surface area contributed by atoms with Crippen LogP contribution in [0.5, 0.6) is 0 Å². The molecule has 0 bridgehead atoms. The predicted molar refractivity (Wildman–Crippen MR) is 88.0 cm³/mol. The van der Waals surface area contributed by atoms with Crippen molar-refractivity contribution in [2.45, 2.75) is 63.3 Å². The van der Waals surface area contributed by atoms with Crippen LogP contribution in [0.3, 0.4) is 0 Å². The highest BCUT2D eigenvalue weighted by molar-refractivity contribution is 6.31. The Balaban J connectivity index is 1.80. The number of hydrogen-bond acceptors (Lipinski definition) is 3. The van der Waals surface area contributed by atoms with Crippen molar-refractivity contribution in [3.63, 3.8) is 0 Å². The molecular formula is C17H25ClN2O. The van der Waals surface area contributed by atoms with E-state index in [-0.39, 0.29) is 12.1 Å². The van der Waals surface area contributed by atoms with E-state index in [1.807, 2.05) is 12.1 Å². The molecular weight excluding hydrogens is 284 g/mol. The van der Waals surface area contributed by atoms with Gasteiger partial charge in [-0.25, -0.2) is 0 Å². The summed E-state index contributed by atoms with van der Waals surface area (Å²) in [6, 6.07) is 6.96. The van der Waals surface area contributed by atoms with Gasteiger partial charge < -0.3 is 15.3 Å². The molecule has 2 aliphatic rings. The molecule has 2 fully saturated rings. The van der Waals surface area contributed by atoms with Gasteiger partial charge in [-0.2, -0.15) is 0 Å². The number of nitrogens with zero attached hydrogens (tertiary/aromatic N) is 1. The maximum atomic E-state index is 10.3. The molecule has 2 atom stereocenters. The Bertz CT molecular complexity index is 490. The number of aliphatic hydroxyl groups is 1. The van der Waals surface area contributed by atoms with Crippen LogP contribution in [-0.4, -0.2) is 30.3 Å². The fraction of sp³-hybridized carbons (Fsp3) is 0.647. The van der Waals surface area contributed by atoms with E-state index in [9.17, 15) is 5.11 Å². The smallest absolute Gasteiger partial charge is 0.0743 e. The monoisotopic (exact) mass is 308 g/mol. The molecule has 2 N–H and O–H groups in total. The van der Waals surface area contributed by atoms with Crippen LogP contribution in [0.25, 0.3) is 0 Å². The zero-order valence-corrected chi connectivity index (χ0v) is 13.4. The first-order chi connectivity index (χ1) is 10.2. The predicted octanol–water partition coefficient (Wildman–Crippen LogP) is 3.33. The Labute approximate surface area is 132 Å². The maximum Gasteiger partial charge on any atom is 0.0743 e. The first-order valence-corrected chi connectivity index (χ1v) is 8.46. The van der Waals surface area contributed by atoms with Crippen LogP contribution in [0.2, 0.25) is 5.02 Å². The lowest BCUT2D eigenvalue weighted by atomic mass is 9.91. The van der Waals surface area contributed by atoms with Crippen molar-refractivity contribution in [1.29, 1.82) is 0 Å². The Kier molecular flexibility index (Phi) is 4.72. The largest absolute Gasteiger partial charge is 0.391 e. The van der Waals surface area contributed by atoms with Crippen molar-refractivity contribution in [3.8, 4) is 0 Å². The molecule has 21 heavy (non-hydrogen) atoms. The number of likely N-dealkylation sites (N-methyl/N-ethyl adjacent to an activating group) is 1. The van der Waals surface area contributed by atoms with Gasteiger partial charge in [-0.1, -0.05) is 30.5 Å². The summed E-state index contributed by atoms with van der Waals surface area (Å²) in [6.45, 7) is 0.812. The number of aliphatic hydroxyl groups excluding tert-OH is 1. The molecule has 2 saturated carbocycles. The highest BCUT2D eigenvalue weighted by Gasteiger charge is 2.28. The van der Waals surface area contributed by atoms with E-state index in [1.54, 1.807) is 0 Å². The zero-order chi connectivity index (χ0) is 14.8. The fourth-order valence-corrected chi connectivity index (χ4v) is 3.55. The van der Waals surface area contributed by atoms with Gasteiger partial charge >= 0.3 is 0 Å². The number of anilines is 1. The number of hydrogen-bond donors (Lipinski definition) is 2. The second-order valence-corrected chi connectivity index (χ2v) is 6.83. The lowest BCUT2D eigenvalue weighted by Gasteiger charge is -2.37. The summed E-state index contributed by atoms with van der Waals surface area (Å²) in [6.07, 6.45) is 6.62. The van der Waals surface area contributed by atoms with Gasteiger partial charge in [-0.15, -0.1) is 0 Å². The van der Waals surface area contributed by atoms with Crippen molar-refractivity contribution in [2.24, 2.45) is 0 Å². The quantitative estimate of drug-likeness (QED) is 0.876. The minimum atomic E-state index is -0.230. The molecule has 0 aromatic heterocycles. The van der Waals surface area contributed by atoms with E-state index in [2.05, 4.69) is 23.3 Å². The Hall–Kier alpha value is -0.770. The van der Waals surface area contributed by atoms with E-state index >= 15 is 0 Å². The minimum absolute atomic E-state index is 0.205. The maximum absolute atomic E-state index is 10.3. The summed E-state index contributed by atoms with van der Waals surface area (Å²) in [5.41, 5.74) is 2.31. The van der Waals surface area contributed by atoms with Gasteiger partial charge in [0.1, 0.15) is 0 Å². The van der Waals surface area contributed by atoms with Crippen LogP contribution in [0, 0.1) is 0 Å². The molecule has 4 heteroatoms. The summed E-state index contributed by atoms with van der Waals surface area (Å²) in [4.78, 5) is 2.24. The molecule has 0 amide bonds. The van der Waals surface area contributed by atoms with Crippen LogP contribution >= 0.6 is 11.6 Å². The average molecular weight is 309 g/mol. The molecule has 3 rings (SSSR count). The van der Waals surface area contributed by atoms with Crippen molar-refractivity contribution >= 4 is 17.3 Å². The van der Waals surface area contributed by atoms with E-state index in [4.69, 9.17) is 11.6 Å². The van der Waals surface area contributed by atoms with Crippen LogP contribution in [0.15, 0.2) is 18.2 Å². The van der Waals surface area contributed by atoms with Crippen LogP contribution in [0.4, 0.5) is 5.69 Å². The second-order valence-electron chi connectivity index (χ2n) is 6.42. The summed E-state index contributed by atoms with van der Waals surface area (Å²) < 4.78 is 0. The Morgan fingerprint density at radius 1 is 1.24 bits per heavy atom. The van der Waals surface area contributed by atoms with E-state index in [0.717, 1.165) is 42.1 Å². The van der Waals surface area contributed by atoms with Crippen molar-refractivity contribution < 1.29 is 5.11 Å². The highest BCUT2D eigenvalue weighted by Crippen LogP contribution is 2.32. The third kappa shape index (κ3) is 3.53. The Morgan fingerprint density at radius 3 is 2.71 bits per heavy atom. The molecule has 1 aromatic rings. The summed E-state index contributed by atoms with van der Waals surface area (Å²) in [5, 5.41) is 14.7. The summed E-state index contributed by atoms with van der Waals surface area (Å²) >= 11 is 6.42. The van der Waals surface area contributed by atoms with E-state index < -0.39 is 0 Å². The lowest BCUT2D eigenvalue weighted by Crippen LogP contribution is -2.44. The summed E-state index contributed by atoms with van der Waals surface area (Å²) in [7, 11) is 2.09. The molecule has 0 heterocycles. The van der Waals surface area contributed by atoms with Gasteiger partial charge in [0.2, 0.25) is 0 Å². The standard InChI is InChI=1S/C17H25ClN2O/c1-20(16-6-2-3-8-17(16)21)15-7-4-5-14(18)13(15)11-19-12-9-10-12/h4-5,7,12,16-17,19,21H,2-3,6,8-11H2,1H3. The van der Waals surface area contributed by atoms with Gasteiger partial charge in [0.05, 0.1) is 12.1 Å². The topological polar surface area (TPSA) is 35.5 Å². The first kappa shape index (κ1) is 15.1. The number of halogens is 1. The third-order valence-electron chi connectivity index (χ3n) is 4.81. The van der Waals surface area contributed by atoms with Crippen LogP contribution < -0.4 is 10.2 Å². The van der Waals surface area contributed by atoms with Gasteiger partial charge in [-0.05, 0) is 37.8 Å². The van der Waals surface area contributed by atoms with Gasteiger partial charge in [0.15, 0.2) is 0 Å². The van der Waals surface area contributed by atoms with E-state index in [1.165, 1.54) is 19.3 Å². The molecule has 3 nitrogen and oxygen atoms in total. The molecule has 0 aliphatic heterocycles. The minimum Gasteiger partial charge on any atom is -0.391 e. The van der Waals surface area contributed by atoms with Gasteiger partial charge in [0.25, 0.3) is 0 Å². The third-order valence-corrected chi connectivity index (χ3v) is 5.16. The number of nitrogens with one attached hydrogen (secondary N) is 1. The molecule has 0 spiro atoms. The molecule has 2 unspecified atom stereocenters. The summed E-state index contributed by atoms with van der Waals surface area (Å²) in [5.74, 6) is 0. The zero-order valence-electron chi connectivity index (χ0n) is 12.7. The first-order valence-electron chi connectivity index (χ1n) is 8.08. The second kappa shape index (κ2) is 6.55. The van der Waals surface area contributed by atoms with Crippen LogP contribution in [0.1, 0.15) is 44.1 Å². The van der Waals surface area contributed by atoms with Crippen molar-refractivity contribution in [1.82, 2.24) is 5.32 Å². The van der Waals surface area contributed by atoms with Crippen molar-refractivity contribution in [2.75, 3.05) is 11.9 Å².